The molecule has 182 valence electrons. The third-order valence-electron chi connectivity index (χ3n) is 5.28. The summed E-state index contributed by atoms with van der Waals surface area (Å²) in [5, 5.41) is 16.6. The van der Waals surface area contributed by atoms with Gasteiger partial charge in [-0.1, -0.05) is 84.1 Å². The van der Waals surface area contributed by atoms with Crippen LogP contribution in [0.1, 0.15) is 17.3 Å². The van der Waals surface area contributed by atoms with Gasteiger partial charge in [-0.05, 0) is 24.1 Å². The van der Waals surface area contributed by atoms with E-state index in [1.807, 2.05) is 78.2 Å². The highest BCUT2D eigenvalue weighted by Gasteiger charge is 2.19. The Morgan fingerprint density at radius 2 is 1.47 bits per heavy atom. The quantitative estimate of drug-likeness (QED) is 0.200. The van der Waals surface area contributed by atoms with Crippen molar-refractivity contribution in [1.82, 2.24) is 15.2 Å². The van der Waals surface area contributed by atoms with Crippen LogP contribution in [0, 0.1) is 0 Å². The topological polar surface area (TPSA) is 117 Å². The summed E-state index contributed by atoms with van der Waals surface area (Å²) in [7, 11) is -4.33. The molecule has 5 aromatic rings. The second-order valence-electron chi connectivity index (χ2n) is 7.90. The molecule has 0 amide bonds. The molecule has 3 aromatic carbocycles. The molecule has 0 saturated carbocycles. The molecule has 2 heterocycles. The van der Waals surface area contributed by atoms with Crippen LogP contribution in [0.5, 0.6) is 0 Å². The molecule has 0 aliphatic carbocycles. The maximum absolute atomic E-state index is 11.1. The standard InChI is InChI=1S/C25H21N5O3S3/c31-36(32,33)30-20-13-11-17(12-14-20)15-21(22-16-34-23(26-22)18-7-3-1-4-8-18)27-25-29-28-24(35-25)19-9-5-2-6-10-19/h1-14,16,21,30H,15H2,(H,27,29)(H,31,32,33). The van der Waals surface area contributed by atoms with Gasteiger partial charge in [0, 0.05) is 16.5 Å². The lowest BCUT2D eigenvalue weighted by atomic mass is 10.0. The maximum Gasteiger partial charge on any atom is 0.357 e. The van der Waals surface area contributed by atoms with E-state index in [-0.39, 0.29) is 11.7 Å². The lowest BCUT2D eigenvalue weighted by molar-refractivity contribution is 0.489. The summed E-state index contributed by atoms with van der Waals surface area (Å²) >= 11 is 3.04. The van der Waals surface area contributed by atoms with Crippen molar-refractivity contribution in [3.8, 4) is 21.1 Å². The number of hydrogen-bond acceptors (Lipinski definition) is 8. The fourth-order valence-electron chi connectivity index (χ4n) is 3.61. The number of thiazole rings is 1. The van der Waals surface area contributed by atoms with Gasteiger partial charge in [-0.15, -0.1) is 21.5 Å². The predicted molar refractivity (Wildman–Crippen MR) is 145 cm³/mol. The number of benzene rings is 3. The van der Waals surface area contributed by atoms with Gasteiger partial charge in [0.2, 0.25) is 5.13 Å². The van der Waals surface area contributed by atoms with Crippen molar-refractivity contribution in [2.45, 2.75) is 12.5 Å². The van der Waals surface area contributed by atoms with Crippen molar-refractivity contribution in [3.05, 3.63) is 102 Å². The van der Waals surface area contributed by atoms with Gasteiger partial charge in [-0.2, -0.15) is 8.42 Å². The van der Waals surface area contributed by atoms with Gasteiger partial charge in [0.15, 0.2) is 0 Å². The summed E-state index contributed by atoms with van der Waals surface area (Å²) in [6, 6.07) is 26.5. The molecular weight excluding hydrogens is 515 g/mol. The van der Waals surface area contributed by atoms with E-state index in [2.05, 4.69) is 20.2 Å². The van der Waals surface area contributed by atoms with Gasteiger partial charge in [-0.3, -0.25) is 9.27 Å². The second kappa shape index (κ2) is 10.5. The first-order chi connectivity index (χ1) is 17.4. The first kappa shape index (κ1) is 24.1. The molecular formula is C25H21N5O3S3. The van der Waals surface area contributed by atoms with Crippen LogP contribution in [0.2, 0.25) is 0 Å². The van der Waals surface area contributed by atoms with Crippen LogP contribution in [-0.2, 0) is 16.7 Å². The SMILES string of the molecule is O=S(=O)(O)Nc1ccc(CC(Nc2nnc(-c3ccccc3)s2)c2csc(-c3ccccc3)n2)cc1. The third-order valence-corrected chi connectivity index (χ3v) is 7.59. The van der Waals surface area contributed by atoms with Crippen molar-refractivity contribution in [2.24, 2.45) is 0 Å². The molecule has 5 rings (SSSR count). The minimum Gasteiger partial charge on any atom is -0.351 e. The molecule has 3 N–H and O–H groups in total. The molecule has 0 saturated heterocycles. The fourth-order valence-corrected chi connectivity index (χ4v) is 5.73. The smallest absolute Gasteiger partial charge is 0.351 e. The molecule has 8 nitrogen and oxygen atoms in total. The van der Waals surface area contributed by atoms with Gasteiger partial charge >= 0.3 is 10.3 Å². The van der Waals surface area contributed by atoms with Crippen LogP contribution in [0.3, 0.4) is 0 Å². The average Bonchev–Trinajstić information content (AvgIpc) is 3.55. The third kappa shape index (κ3) is 6.13. The van der Waals surface area contributed by atoms with E-state index in [0.717, 1.165) is 32.4 Å². The van der Waals surface area contributed by atoms with Crippen molar-refractivity contribution in [1.29, 1.82) is 0 Å². The first-order valence-electron chi connectivity index (χ1n) is 10.9. The highest BCUT2D eigenvalue weighted by atomic mass is 32.2. The predicted octanol–water partition coefficient (Wildman–Crippen LogP) is 5.94. The van der Waals surface area contributed by atoms with Crippen LogP contribution >= 0.6 is 22.7 Å². The lowest BCUT2D eigenvalue weighted by Gasteiger charge is -2.16. The van der Waals surface area contributed by atoms with E-state index in [1.165, 1.54) is 11.3 Å². The molecule has 11 heteroatoms. The molecule has 0 bridgehead atoms. The van der Waals surface area contributed by atoms with Crippen LogP contribution in [-0.4, -0.2) is 28.2 Å². The van der Waals surface area contributed by atoms with Crippen LogP contribution in [0.25, 0.3) is 21.1 Å². The van der Waals surface area contributed by atoms with Crippen molar-refractivity contribution in [2.75, 3.05) is 10.0 Å². The van der Waals surface area contributed by atoms with Crippen LogP contribution in [0.15, 0.2) is 90.3 Å². The van der Waals surface area contributed by atoms with Gasteiger partial charge in [-0.25, -0.2) is 4.98 Å². The number of anilines is 2. The summed E-state index contributed by atoms with van der Waals surface area (Å²) < 4.78 is 33.3. The lowest BCUT2D eigenvalue weighted by Crippen LogP contribution is -2.14. The van der Waals surface area contributed by atoms with E-state index in [4.69, 9.17) is 9.54 Å². The Bertz CT molecular complexity index is 1540. The number of rotatable bonds is 9. The zero-order chi connectivity index (χ0) is 25.0. The Labute approximate surface area is 216 Å². The summed E-state index contributed by atoms with van der Waals surface area (Å²) in [6.07, 6.45) is 0.574. The van der Waals surface area contributed by atoms with E-state index in [1.54, 1.807) is 23.5 Å². The number of nitrogens with one attached hydrogen (secondary N) is 2. The van der Waals surface area contributed by atoms with Gasteiger partial charge in [0.25, 0.3) is 0 Å². The summed E-state index contributed by atoms with van der Waals surface area (Å²) in [4.78, 5) is 4.89. The summed E-state index contributed by atoms with van der Waals surface area (Å²) in [5.41, 5.74) is 4.16. The first-order valence-corrected chi connectivity index (χ1v) is 14.1. The van der Waals surface area contributed by atoms with E-state index < -0.39 is 10.3 Å². The minimum absolute atomic E-state index is 0.198. The molecule has 0 fully saturated rings. The Hall–Kier alpha value is -3.64. The Morgan fingerprint density at radius 1 is 0.833 bits per heavy atom. The molecule has 1 unspecified atom stereocenters. The molecule has 0 aliphatic heterocycles. The molecule has 0 radical (unpaired) electrons. The average molecular weight is 536 g/mol. The zero-order valence-electron chi connectivity index (χ0n) is 18.8. The number of hydrogen-bond donors (Lipinski definition) is 3. The normalized spacial score (nSPS) is 12.2. The molecule has 0 aliphatic rings. The Morgan fingerprint density at radius 3 is 2.11 bits per heavy atom. The maximum atomic E-state index is 11.1. The second-order valence-corrected chi connectivity index (χ2v) is 10.9. The van der Waals surface area contributed by atoms with E-state index in [9.17, 15) is 8.42 Å². The van der Waals surface area contributed by atoms with E-state index in [0.29, 0.717) is 11.6 Å². The van der Waals surface area contributed by atoms with Crippen LogP contribution in [0.4, 0.5) is 10.8 Å². The van der Waals surface area contributed by atoms with Gasteiger partial charge in [0.05, 0.1) is 17.4 Å². The van der Waals surface area contributed by atoms with Crippen LogP contribution < -0.4 is 10.0 Å². The zero-order valence-corrected chi connectivity index (χ0v) is 21.2. The Balaban J connectivity index is 1.41. The van der Waals surface area contributed by atoms with Crippen molar-refractivity contribution < 1.29 is 13.0 Å². The molecule has 36 heavy (non-hydrogen) atoms. The molecule has 2 aromatic heterocycles. The number of nitrogens with zero attached hydrogens (tertiary/aromatic N) is 3. The largest absolute Gasteiger partial charge is 0.357 e. The highest BCUT2D eigenvalue weighted by Crippen LogP contribution is 2.32. The fraction of sp³-hybridized carbons (Fsp3) is 0.0800. The van der Waals surface area contributed by atoms with Crippen molar-refractivity contribution in [3.63, 3.8) is 0 Å². The molecule has 0 spiro atoms. The van der Waals surface area contributed by atoms with Gasteiger partial charge < -0.3 is 5.32 Å². The monoisotopic (exact) mass is 535 g/mol. The summed E-state index contributed by atoms with van der Waals surface area (Å²) in [6.45, 7) is 0. The van der Waals surface area contributed by atoms with E-state index >= 15 is 0 Å². The highest BCUT2D eigenvalue weighted by molar-refractivity contribution is 7.87. The van der Waals surface area contributed by atoms with Gasteiger partial charge in [0.1, 0.15) is 10.0 Å². The minimum atomic E-state index is -4.33. The number of aromatic nitrogens is 3. The Kier molecular flexibility index (Phi) is 7.05. The van der Waals surface area contributed by atoms with Crippen molar-refractivity contribution >= 4 is 43.8 Å². The molecule has 1 atom stereocenters. The summed E-state index contributed by atoms with van der Waals surface area (Å²) in [5.74, 6) is 0.